The minimum absolute atomic E-state index is 0.0550. The van der Waals surface area contributed by atoms with Crippen molar-refractivity contribution in [2.75, 3.05) is 6.61 Å². The summed E-state index contributed by atoms with van der Waals surface area (Å²) in [4.78, 5) is 37.4. The zero-order chi connectivity index (χ0) is 21.1. The first kappa shape index (κ1) is 21.5. The zero-order valence-corrected chi connectivity index (χ0v) is 17.7. The summed E-state index contributed by atoms with van der Waals surface area (Å²) < 4.78 is 5.35. The molecule has 3 amide bonds. The number of nitrogens with zero attached hydrogens (tertiary/aromatic N) is 1. The normalized spacial score (nSPS) is 15.3. The highest BCUT2D eigenvalue weighted by molar-refractivity contribution is 8.18. The Bertz CT molecular complexity index is 1040. The predicted molar refractivity (Wildman–Crippen MR) is 114 cm³/mol. The molecule has 0 aromatic heterocycles. The van der Waals surface area contributed by atoms with Gasteiger partial charge in [0, 0.05) is 10.6 Å². The van der Waals surface area contributed by atoms with Crippen LogP contribution in [0.4, 0.5) is 4.79 Å². The molecule has 0 spiro atoms. The number of carbonyl (C=O) groups is 3. The van der Waals surface area contributed by atoms with Gasteiger partial charge in [-0.3, -0.25) is 19.3 Å². The fraction of sp³-hybridized carbons (Fsp3) is 0.105. The van der Waals surface area contributed by atoms with Crippen LogP contribution in [0.3, 0.4) is 0 Å². The second-order valence-electron chi connectivity index (χ2n) is 5.95. The highest BCUT2D eigenvalue weighted by Crippen LogP contribution is 2.36. The minimum atomic E-state index is -0.646. The summed E-state index contributed by atoms with van der Waals surface area (Å²) in [5, 5.41) is 0.697. The van der Waals surface area contributed by atoms with Gasteiger partial charge in [-0.05, 0) is 53.7 Å². The molecule has 6 nitrogen and oxygen atoms in total. The van der Waals surface area contributed by atoms with Crippen molar-refractivity contribution in [1.82, 2.24) is 4.90 Å². The molecule has 0 aliphatic carbocycles. The number of nitrogens with two attached hydrogens (primary N) is 1. The Labute approximate surface area is 185 Å². The maximum atomic E-state index is 12.7. The van der Waals surface area contributed by atoms with Gasteiger partial charge in [-0.2, -0.15) is 0 Å². The SMILES string of the molecule is NC(=O)COc1ccc(Cl)cc1/C=C1\SC(=O)N(Cc2ccc(Cl)c(Cl)c2)C1=O. The van der Waals surface area contributed by atoms with Crippen LogP contribution in [0, 0.1) is 0 Å². The van der Waals surface area contributed by atoms with E-state index in [9.17, 15) is 14.4 Å². The Morgan fingerprint density at radius 3 is 2.55 bits per heavy atom. The summed E-state index contributed by atoms with van der Waals surface area (Å²) in [5.41, 5.74) is 6.21. The number of ether oxygens (including phenoxy) is 1. The van der Waals surface area contributed by atoms with Crippen LogP contribution in [0.2, 0.25) is 15.1 Å². The highest BCUT2D eigenvalue weighted by atomic mass is 35.5. The number of rotatable bonds is 6. The van der Waals surface area contributed by atoms with Crippen LogP contribution in [0.15, 0.2) is 41.3 Å². The van der Waals surface area contributed by atoms with E-state index < -0.39 is 17.1 Å². The molecular formula is C19H13Cl3N2O4S. The van der Waals surface area contributed by atoms with Crippen molar-refractivity contribution in [3.8, 4) is 5.75 Å². The van der Waals surface area contributed by atoms with Crippen molar-refractivity contribution in [2.45, 2.75) is 6.54 Å². The van der Waals surface area contributed by atoms with Crippen molar-refractivity contribution in [1.29, 1.82) is 0 Å². The van der Waals surface area contributed by atoms with Crippen LogP contribution >= 0.6 is 46.6 Å². The van der Waals surface area contributed by atoms with Crippen molar-refractivity contribution in [3.05, 3.63) is 67.5 Å². The van der Waals surface area contributed by atoms with Crippen LogP contribution in [0.1, 0.15) is 11.1 Å². The molecule has 3 rings (SSSR count). The fourth-order valence-electron chi connectivity index (χ4n) is 2.51. The van der Waals surface area contributed by atoms with E-state index in [0.717, 1.165) is 16.7 Å². The predicted octanol–water partition coefficient (Wildman–Crippen LogP) is 4.75. The third-order valence-electron chi connectivity index (χ3n) is 3.83. The van der Waals surface area contributed by atoms with Crippen LogP contribution < -0.4 is 10.5 Å². The minimum Gasteiger partial charge on any atom is -0.483 e. The standard InChI is InChI=1S/C19H13Cl3N2O4S/c20-12-2-4-15(28-9-17(23)25)11(6-12)7-16-18(26)24(19(27)29-16)8-10-1-3-13(21)14(22)5-10/h1-7H,8-9H2,(H2,23,25)/b16-7-. The summed E-state index contributed by atoms with van der Waals surface area (Å²) in [6.07, 6.45) is 1.49. The Kier molecular flexibility index (Phi) is 6.74. The van der Waals surface area contributed by atoms with Gasteiger partial charge in [0.25, 0.3) is 17.1 Å². The molecule has 2 aromatic rings. The van der Waals surface area contributed by atoms with Gasteiger partial charge in [0.15, 0.2) is 6.61 Å². The first-order chi connectivity index (χ1) is 13.7. The number of imide groups is 1. The van der Waals surface area contributed by atoms with Gasteiger partial charge in [0.2, 0.25) is 0 Å². The molecule has 1 aliphatic rings. The number of thioether (sulfide) groups is 1. The number of benzene rings is 2. The molecule has 150 valence electrons. The summed E-state index contributed by atoms with van der Waals surface area (Å²) in [6.45, 7) is -0.277. The lowest BCUT2D eigenvalue weighted by atomic mass is 10.1. The van der Waals surface area contributed by atoms with Gasteiger partial charge in [-0.15, -0.1) is 0 Å². The molecule has 2 aromatic carbocycles. The van der Waals surface area contributed by atoms with Gasteiger partial charge >= 0.3 is 0 Å². The lowest BCUT2D eigenvalue weighted by molar-refractivity contribution is -0.123. The van der Waals surface area contributed by atoms with E-state index in [1.165, 1.54) is 6.08 Å². The zero-order valence-electron chi connectivity index (χ0n) is 14.7. The quantitative estimate of drug-likeness (QED) is 0.614. The largest absolute Gasteiger partial charge is 0.483 e. The number of halogens is 3. The number of carbonyl (C=O) groups excluding carboxylic acids is 3. The Morgan fingerprint density at radius 2 is 1.86 bits per heavy atom. The van der Waals surface area contributed by atoms with E-state index in [4.69, 9.17) is 45.3 Å². The summed E-state index contributed by atoms with van der Waals surface area (Å²) >= 11 is 18.7. The maximum Gasteiger partial charge on any atom is 0.293 e. The molecule has 1 fully saturated rings. The van der Waals surface area contributed by atoms with Crippen molar-refractivity contribution in [2.24, 2.45) is 5.73 Å². The van der Waals surface area contributed by atoms with Crippen molar-refractivity contribution in [3.63, 3.8) is 0 Å². The first-order valence-electron chi connectivity index (χ1n) is 8.14. The maximum absolute atomic E-state index is 12.7. The average molecular weight is 472 g/mol. The molecule has 0 atom stereocenters. The Balaban J connectivity index is 1.85. The number of hydrogen-bond donors (Lipinski definition) is 1. The molecule has 0 unspecified atom stereocenters. The van der Waals surface area contributed by atoms with Gasteiger partial charge in [-0.25, -0.2) is 0 Å². The van der Waals surface area contributed by atoms with Crippen molar-refractivity contribution < 1.29 is 19.1 Å². The Morgan fingerprint density at radius 1 is 1.10 bits per heavy atom. The van der Waals surface area contributed by atoms with Crippen LogP contribution in [0.5, 0.6) is 5.75 Å². The van der Waals surface area contributed by atoms with Crippen molar-refractivity contribution >= 4 is 69.7 Å². The summed E-state index contributed by atoms with van der Waals surface area (Å²) in [7, 11) is 0. The van der Waals surface area contributed by atoms with E-state index >= 15 is 0 Å². The smallest absolute Gasteiger partial charge is 0.293 e. The van der Waals surface area contributed by atoms with Crippen LogP contribution in [-0.2, 0) is 16.1 Å². The third-order valence-corrected chi connectivity index (χ3v) is 5.71. The number of hydrogen-bond acceptors (Lipinski definition) is 5. The summed E-state index contributed by atoms with van der Waals surface area (Å²) in [5.74, 6) is -0.802. The number of amides is 3. The summed E-state index contributed by atoms with van der Waals surface area (Å²) in [6, 6.07) is 9.58. The van der Waals surface area contributed by atoms with E-state index in [-0.39, 0.29) is 18.1 Å². The first-order valence-corrected chi connectivity index (χ1v) is 10.1. The van der Waals surface area contributed by atoms with Gasteiger partial charge in [-0.1, -0.05) is 40.9 Å². The van der Waals surface area contributed by atoms with Gasteiger partial charge < -0.3 is 10.5 Å². The molecule has 2 N–H and O–H groups in total. The van der Waals surface area contributed by atoms with Gasteiger partial charge in [0.05, 0.1) is 21.5 Å². The second-order valence-corrected chi connectivity index (χ2v) is 8.20. The van der Waals surface area contributed by atoms with Crippen LogP contribution in [0.25, 0.3) is 6.08 Å². The highest BCUT2D eigenvalue weighted by Gasteiger charge is 2.35. The topological polar surface area (TPSA) is 89.7 Å². The average Bonchev–Trinajstić information content (AvgIpc) is 2.91. The molecule has 1 heterocycles. The van der Waals surface area contributed by atoms with Gasteiger partial charge in [0.1, 0.15) is 5.75 Å². The molecule has 0 saturated carbocycles. The molecule has 29 heavy (non-hydrogen) atoms. The molecule has 0 radical (unpaired) electrons. The molecule has 0 bridgehead atoms. The fourth-order valence-corrected chi connectivity index (χ4v) is 3.84. The molecule has 10 heteroatoms. The lowest BCUT2D eigenvalue weighted by Gasteiger charge is -2.13. The third kappa shape index (κ3) is 5.25. The molecule has 1 saturated heterocycles. The van der Waals surface area contributed by atoms with E-state index in [2.05, 4.69) is 0 Å². The monoisotopic (exact) mass is 470 g/mol. The Hall–Kier alpha value is -2.19. The second kappa shape index (κ2) is 9.09. The van der Waals surface area contributed by atoms with E-state index in [0.29, 0.717) is 31.9 Å². The lowest BCUT2D eigenvalue weighted by Crippen LogP contribution is -2.27. The number of primary amides is 1. The van der Waals surface area contributed by atoms with Crippen LogP contribution in [-0.4, -0.2) is 28.6 Å². The molecule has 1 aliphatic heterocycles. The van der Waals surface area contributed by atoms with E-state index in [1.54, 1.807) is 36.4 Å². The van der Waals surface area contributed by atoms with E-state index in [1.807, 2.05) is 0 Å². The molecular weight excluding hydrogens is 459 g/mol.